The summed E-state index contributed by atoms with van der Waals surface area (Å²) in [6.07, 6.45) is 6.25. The minimum absolute atomic E-state index is 1.23. The van der Waals surface area contributed by atoms with Crippen molar-refractivity contribution in [3.63, 3.8) is 0 Å². The fourth-order valence-electron chi connectivity index (χ4n) is 4.78. The first-order chi connectivity index (χ1) is 14.8. The lowest BCUT2D eigenvalue weighted by molar-refractivity contribution is 1.72. The zero-order chi connectivity index (χ0) is 20.2. The highest BCUT2D eigenvalue weighted by Gasteiger charge is 2.13. The highest BCUT2D eigenvalue weighted by molar-refractivity contribution is 7.20. The third-order valence-electron chi connectivity index (χ3n) is 6.12. The van der Waals surface area contributed by atoms with E-state index in [2.05, 4.69) is 98.5 Å². The summed E-state index contributed by atoms with van der Waals surface area (Å²) in [7, 11) is 0. The van der Waals surface area contributed by atoms with Gasteiger partial charge >= 0.3 is 0 Å². The fourth-order valence-corrected chi connectivity index (χ4v) is 5.99. The summed E-state index contributed by atoms with van der Waals surface area (Å²) in [6, 6.07) is 27.0. The largest absolute Gasteiger partial charge is 0.135 e. The molecule has 1 heteroatoms. The van der Waals surface area contributed by atoms with Crippen molar-refractivity contribution < 1.29 is 0 Å². The first kappa shape index (κ1) is 17.4. The van der Waals surface area contributed by atoms with Gasteiger partial charge in [-0.15, -0.1) is 11.3 Å². The molecule has 0 N–H and O–H groups in total. The Morgan fingerprint density at radius 3 is 2.23 bits per heavy atom. The van der Waals surface area contributed by atoms with Crippen LogP contribution in [0.2, 0.25) is 0 Å². The van der Waals surface area contributed by atoms with E-state index in [1.54, 1.807) is 0 Å². The van der Waals surface area contributed by atoms with Crippen molar-refractivity contribution in [1.82, 2.24) is 0 Å². The molecule has 0 saturated carbocycles. The molecule has 0 saturated heterocycles. The molecule has 0 amide bonds. The normalized spacial score (nSPS) is 12.2. The van der Waals surface area contributed by atoms with E-state index < -0.39 is 0 Å². The molecule has 0 bridgehead atoms. The van der Waals surface area contributed by atoms with E-state index in [0.717, 1.165) is 0 Å². The first-order valence-corrected chi connectivity index (χ1v) is 11.1. The third-order valence-corrected chi connectivity index (χ3v) is 7.25. The van der Waals surface area contributed by atoms with Crippen LogP contribution in [0, 0.1) is 0 Å². The van der Waals surface area contributed by atoms with Gasteiger partial charge in [-0.3, -0.25) is 0 Å². The van der Waals surface area contributed by atoms with Gasteiger partial charge in [0.05, 0.1) is 0 Å². The van der Waals surface area contributed by atoms with Gasteiger partial charge in [0.25, 0.3) is 0 Å². The maximum Gasteiger partial charge on any atom is 0.0361 e. The molecule has 1 heterocycles. The number of benzene rings is 5. The molecule has 6 rings (SSSR count). The second-order valence-electron chi connectivity index (χ2n) is 7.76. The van der Waals surface area contributed by atoms with Gasteiger partial charge in [0.15, 0.2) is 0 Å². The van der Waals surface area contributed by atoms with Crippen LogP contribution in [-0.4, -0.2) is 0 Å². The third kappa shape index (κ3) is 2.39. The summed E-state index contributed by atoms with van der Waals surface area (Å²) in [5.74, 6) is 0. The monoisotopic (exact) mass is 400 g/mol. The van der Waals surface area contributed by atoms with E-state index in [4.69, 9.17) is 0 Å². The lowest BCUT2D eigenvalue weighted by Gasteiger charge is -2.14. The van der Waals surface area contributed by atoms with Crippen LogP contribution in [0.15, 0.2) is 85.5 Å². The Hall–Kier alpha value is -3.42. The van der Waals surface area contributed by atoms with Crippen LogP contribution in [0.4, 0.5) is 0 Å². The van der Waals surface area contributed by atoms with E-state index in [0.29, 0.717) is 0 Å². The molecule has 0 spiro atoms. The SMILES string of the molecule is C=Cc1c(/C=C\C)sc2cc(-c3ccc4ccc5cccc6ccc3c4c56)ccc12. The standard InChI is InChI=1S/C29H20S/c1-3-6-26-22(4-2)24-15-13-21(17-27(24)30-26)23-14-11-20-10-9-18-7-5-8-19-12-16-25(23)29(20)28(18)19/h3-17H,2H2,1H3/b6-3-. The molecule has 0 unspecified atom stereocenters. The molecule has 0 aliphatic rings. The molecule has 142 valence electrons. The van der Waals surface area contributed by atoms with Gasteiger partial charge in [0, 0.05) is 15.0 Å². The van der Waals surface area contributed by atoms with Crippen LogP contribution in [-0.2, 0) is 0 Å². The molecule has 6 aromatic rings. The Morgan fingerprint density at radius 1 is 0.767 bits per heavy atom. The average molecular weight is 401 g/mol. The Kier molecular flexibility index (Phi) is 3.81. The molecule has 0 nitrogen and oxygen atoms in total. The number of rotatable bonds is 3. The van der Waals surface area contributed by atoms with Gasteiger partial charge in [0.2, 0.25) is 0 Å². The van der Waals surface area contributed by atoms with Gasteiger partial charge in [0.1, 0.15) is 0 Å². The Morgan fingerprint density at radius 2 is 1.47 bits per heavy atom. The molecule has 0 atom stereocenters. The smallest absolute Gasteiger partial charge is 0.0361 e. The first-order valence-electron chi connectivity index (χ1n) is 10.3. The van der Waals surface area contributed by atoms with Gasteiger partial charge in [-0.2, -0.15) is 0 Å². The van der Waals surface area contributed by atoms with Crippen molar-refractivity contribution in [2.24, 2.45) is 0 Å². The highest BCUT2D eigenvalue weighted by atomic mass is 32.1. The van der Waals surface area contributed by atoms with E-state index in [1.165, 1.54) is 64.0 Å². The van der Waals surface area contributed by atoms with Crippen molar-refractivity contribution in [3.05, 3.63) is 95.9 Å². The Balaban J connectivity index is 1.66. The lowest BCUT2D eigenvalue weighted by atomic mass is 9.90. The van der Waals surface area contributed by atoms with Crippen LogP contribution in [0.25, 0.3) is 65.7 Å². The van der Waals surface area contributed by atoms with Crippen molar-refractivity contribution >= 4 is 65.9 Å². The van der Waals surface area contributed by atoms with Gasteiger partial charge in [-0.1, -0.05) is 85.5 Å². The predicted octanol–water partition coefficient (Wildman–Crippen LogP) is 9.14. The maximum absolute atomic E-state index is 4.04. The number of allylic oxidation sites excluding steroid dienone is 1. The van der Waals surface area contributed by atoms with E-state index in [-0.39, 0.29) is 0 Å². The van der Waals surface area contributed by atoms with Crippen LogP contribution in [0.1, 0.15) is 17.4 Å². The molecule has 0 aliphatic carbocycles. The molecule has 5 aromatic carbocycles. The zero-order valence-electron chi connectivity index (χ0n) is 16.8. The highest BCUT2D eigenvalue weighted by Crippen LogP contribution is 2.41. The topological polar surface area (TPSA) is 0 Å². The van der Waals surface area contributed by atoms with Crippen molar-refractivity contribution in [1.29, 1.82) is 0 Å². The summed E-state index contributed by atoms with van der Waals surface area (Å²) < 4.78 is 1.31. The molecule has 0 radical (unpaired) electrons. The fraction of sp³-hybridized carbons (Fsp3) is 0.0345. The second kappa shape index (κ2) is 6.55. The molecule has 30 heavy (non-hydrogen) atoms. The molecule has 0 fully saturated rings. The maximum atomic E-state index is 4.04. The van der Waals surface area contributed by atoms with E-state index in [1.807, 2.05) is 17.4 Å². The molecule has 0 aliphatic heterocycles. The minimum atomic E-state index is 1.23. The number of hydrogen-bond donors (Lipinski definition) is 0. The number of thiophene rings is 1. The summed E-state index contributed by atoms with van der Waals surface area (Å²) in [5, 5.41) is 9.27. The van der Waals surface area contributed by atoms with Crippen LogP contribution in [0.5, 0.6) is 0 Å². The van der Waals surface area contributed by atoms with Crippen molar-refractivity contribution in [2.75, 3.05) is 0 Å². The molecular formula is C29H20S. The summed E-state index contributed by atoms with van der Waals surface area (Å²) >= 11 is 1.84. The van der Waals surface area contributed by atoms with Crippen LogP contribution in [0.3, 0.4) is 0 Å². The van der Waals surface area contributed by atoms with Crippen LogP contribution >= 0.6 is 11.3 Å². The second-order valence-corrected chi connectivity index (χ2v) is 8.85. The zero-order valence-corrected chi connectivity index (χ0v) is 17.6. The average Bonchev–Trinajstić information content (AvgIpc) is 3.14. The lowest BCUT2D eigenvalue weighted by Crippen LogP contribution is -1.87. The molecule has 1 aromatic heterocycles. The van der Waals surface area contributed by atoms with Gasteiger partial charge in [-0.25, -0.2) is 0 Å². The van der Waals surface area contributed by atoms with Gasteiger partial charge < -0.3 is 0 Å². The predicted molar refractivity (Wildman–Crippen MR) is 136 cm³/mol. The quantitative estimate of drug-likeness (QED) is 0.260. The Labute approximate surface area is 179 Å². The summed E-state index contributed by atoms with van der Waals surface area (Å²) in [6.45, 7) is 6.10. The number of hydrogen-bond acceptors (Lipinski definition) is 1. The van der Waals surface area contributed by atoms with Crippen LogP contribution < -0.4 is 0 Å². The summed E-state index contributed by atoms with van der Waals surface area (Å²) in [4.78, 5) is 1.27. The van der Waals surface area contributed by atoms with Crippen molar-refractivity contribution in [2.45, 2.75) is 6.92 Å². The van der Waals surface area contributed by atoms with E-state index >= 15 is 0 Å². The van der Waals surface area contributed by atoms with E-state index in [9.17, 15) is 0 Å². The summed E-state index contributed by atoms with van der Waals surface area (Å²) in [5.41, 5.74) is 3.79. The minimum Gasteiger partial charge on any atom is -0.135 e. The molecular weight excluding hydrogens is 380 g/mol. The van der Waals surface area contributed by atoms with Crippen molar-refractivity contribution in [3.8, 4) is 11.1 Å². The number of fused-ring (bicyclic) bond motifs is 1. The van der Waals surface area contributed by atoms with Gasteiger partial charge in [-0.05, 0) is 68.1 Å². The Bertz CT molecular complexity index is 1590.